The molecule has 3 heterocycles. The summed E-state index contributed by atoms with van der Waals surface area (Å²) in [7, 11) is -1.16. The highest BCUT2D eigenvalue weighted by atomic mass is 32.2. The number of nitrogens with zero attached hydrogens (tertiary/aromatic N) is 4. The first-order chi connectivity index (χ1) is 20.4. The van der Waals surface area contributed by atoms with Crippen LogP contribution in [0.1, 0.15) is 0 Å². The average molecular weight is 587 g/mol. The van der Waals surface area contributed by atoms with Gasteiger partial charge in [-0.25, -0.2) is 18.4 Å². The number of aromatic nitrogens is 3. The summed E-state index contributed by atoms with van der Waals surface area (Å²) in [6, 6.07) is 22.0. The number of nitrogens with one attached hydrogen (secondary N) is 1. The van der Waals surface area contributed by atoms with E-state index in [1.165, 1.54) is 20.3 Å². The van der Waals surface area contributed by atoms with E-state index in [0.29, 0.717) is 41.7 Å². The Hall–Kier alpha value is -4.81. The van der Waals surface area contributed by atoms with E-state index in [4.69, 9.17) is 19.9 Å². The van der Waals surface area contributed by atoms with Gasteiger partial charge in [-0.05, 0) is 60.2 Å². The van der Waals surface area contributed by atoms with Crippen molar-refractivity contribution in [3.8, 4) is 28.4 Å². The van der Waals surface area contributed by atoms with E-state index >= 15 is 0 Å². The Morgan fingerprint density at radius 3 is 2.40 bits per heavy atom. The van der Waals surface area contributed by atoms with Crippen LogP contribution in [0.25, 0.3) is 27.8 Å². The number of sulfonamides is 1. The second-order valence-corrected chi connectivity index (χ2v) is 11.3. The fraction of sp³-hybridized carbons (Fsp3) is 0.200. The first kappa shape index (κ1) is 27.4. The molecule has 1 saturated heterocycles. The number of nitrogens with two attached hydrogens (primary N) is 1. The van der Waals surface area contributed by atoms with Crippen LogP contribution in [0.15, 0.2) is 83.9 Å². The molecule has 0 unspecified atom stereocenters. The summed E-state index contributed by atoms with van der Waals surface area (Å²) in [5.74, 6) is 0.846. The number of pyridine rings is 1. The topological polar surface area (TPSA) is 134 Å². The van der Waals surface area contributed by atoms with Gasteiger partial charge in [0.05, 0.1) is 44.2 Å². The van der Waals surface area contributed by atoms with Crippen LogP contribution in [0, 0.1) is 0 Å². The van der Waals surface area contributed by atoms with Gasteiger partial charge in [0.25, 0.3) is 10.0 Å². The van der Waals surface area contributed by atoms with Crippen LogP contribution in [0.3, 0.4) is 0 Å². The van der Waals surface area contributed by atoms with E-state index in [2.05, 4.69) is 31.7 Å². The third kappa shape index (κ3) is 5.29. The van der Waals surface area contributed by atoms with Crippen molar-refractivity contribution < 1.29 is 22.6 Å². The van der Waals surface area contributed by atoms with Gasteiger partial charge < -0.3 is 24.8 Å². The minimum atomic E-state index is -4.06. The molecule has 1 fully saturated rings. The smallest absolute Gasteiger partial charge is 0.267 e. The van der Waals surface area contributed by atoms with Gasteiger partial charge in [0, 0.05) is 42.3 Å². The maximum atomic E-state index is 13.4. The number of rotatable bonds is 8. The van der Waals surface area contributed by atoms with Gasteiger partial charge in [-0.15, -0.1) is 0 Å². The van der Waals surface area contributed by atoms with Crippen LogP contribution in [0.2, 0.25) is 0 Å². The minimum absolute atomic E-state index is 0.0233. The Morgan fingerprint density at radius 1 is 0.905 bits per heavy atom. The number of hydrogen-bond donors (Lipinski definition) is 2. The Balaban J connectivity index is 1.36. The fourth-order valence-electron chi connectivity index (χ4n) is 5.01. The van der Waals surface area contributed by atoms with Crippen molar-refractivity contribution >= 4 is 38.4 Å². The summed E-state index contributed by atoms with van der Waals surface area (Å²) >= 11 is 0. The van der Waals surface area contributed by atoms with E-state index in [-0.39, 0.29) is 10.8 Å². The molecule has 0 atom stereocenters. The fourth-order valence-corrected chi connectivity index (χ4v) is 6.21. The summed E-state index contributed by atoms with van der Waals surface area (Å²) < 4.78 is 47.4. The molecule has 0 bridgehead atoms. The summed E-state index contributed by atoms with van der Waals surface area (Å²) in [4.78, 5) is 11.0. The molecule has 1 aliphatic heterocycles. The van der Waals surface area contributed by atoms with Crippen LogP contribution in [-0.2, 0) is 14.8 Å². The Kier molecular flexibility index (Phi) is 7.31. The quantitative estimate of drug-likeness (QED) is 0.273. The molecule has 1 aliphatic rings. The van der Waals surface area contributed by atoms with Crippen LogP contribution in [0.5, 0.6) is 11.6 Å². The molecule has 3 N–H and O–H groups in total. The number of hydrogen-bond acceptors (Lipinski definition) is 9. The van der Waals surface area contributed by atoms with Crippen molar-refractivity contribution in [1.82, 2.24) is 14.5 Å². The number of morpholine rings is 1. The van der Waals surface area contributed by atoms with Crippen molar-refractivity contribution in [3.05, 3.63) is 79.0 Å². The molecule has 11 nitrogen and oxygen atoms in total. The minimum Gasteiger partial charge on any atom is -0.497 e. The Morgan fingerprint density at radius 2 is 1.67 bits per heavy atom. The zero-order valence-electron chi connectivity index (χ0n) is 23.1. The molecular weight excluding hydrogens is 556 g/mol. The Labute approximate surface area is 243 Å². The standard InChI is InChI=1S/C30H30N6O5S/c1-39-25-5-3-4-22(18-25)34-42(37,38)28-17-21(19-32-29(28)40-2)20-6-11-26-27(16-20)36(30(31)33-26)24-9-7-23(8-10-24)35-12-14-41-15-13-35/h3-11,16-19,34H,12-15H2,1-2H3,(H2,31,33). The molecule has 42 heavy (non-hydrogen) atoms. The molecular formula is C30H30N6O5S. The third-order valence-electron chi connectivity index (χ3n) is 7.12. The van der Waals surface area contributed by atoms with Crippen LogP contribution in [0.4, 0.5) is 17.3 Å². The second-order valence-electron chi connectivity index (χ2n) is 9.69. The van der Waals surface area contributed by atoms with E-state index in [0.717, 1.165) is 35.5 Å². The number of anilines is 3. The molecule has 0 spiro atoms. The molecule has 3 aromatic carbocycles. The van der Waals surface area contributed by atoms with Gasteiger partial charge in [-0.2, -0.15) is 0 Å². The molecule has 12 heteroatoms. The van der Waals surface area contributed by atoms with Crippen LogP contribution < -0.4 is 24.8 Å². The monoisotopic (exact) mass is 586 g/mol. The third-order valence-corrected chi connectivity index (χ3v) is 8.50. The zero-order chi connectivity index (χ0) is 29.3. The average Bonchev–Trinajstić information content (AvgIpc) is 3.36. The van der Waals surface area contributed by atoms with Crippen molar-refractivity contribution in [1.29, 1.82) is 0 Å². The summed E-state index contributed by atoms with van der Waals surface area (Å²) in [5, 5.41) is 0. The molecule has 2 aromatic heterocycles. The van der Waals surface area contributed by atoms with Gasteiger partial charge >= 0.3 is 0 Å². The van der Waals surface area contributed by atoms with Crippen molar-refractivity contribution in [2.45, 2.75) is 4.90 Å². The SMILES string of the molecule is COc1cccc(NS(=O)(=O)c2cc(-c3ccc4nc(N)n(-c5ccc(N6CCOCC6)cc5)c4c3)cnc2OC)c1. The first-order valence-electron chi connectivity index (χ1n) is 13.3. The van der Waals surface area contributed by atoms with E-state index in [9.17, 15) is 8.42 Å². The first-order valence-corrected chi connectivity index (χ1v) is 14.8. The largest absolute Gasteiger partial charge is 0.497 e. The van der Waals surface area contributed by atoms with Gasteiger partial charge in [0.1, 0.15) is 10.6 Å². The molecule has 0 radical (unpaired) electrons. The highest BCUT2D eigenvalue weighted by Gasteiger charge is 2.23. The maximum Gasteiger partial charge on any atom is 0.267 e. The van der Waals surface area contributed by atoms with Gasteiger partial charge in [-0.1, -0.05) is 12.1 Å². The lowest BCUT2D eigenvalue weighted by molar-refractivity contribution is 0.122. The molecule has 216 valence electrons. The molecule has 5 aromatic rings. The van der Waals surface area contributed by atoms with E-state index < -0.39 is 10.0 Å². The van der Waals surface area contributed by atoms with E-state index in [1.54, 1.807) is 30.5 Å². The summed E-state index contributed by atoms with van der Waals surface area (Å²) in [6.45, 7) is 3.12. The van der Waals surface area contributed by atoms with Gasteiger partial charge in [0.15, 0.2) is 0 Å². The molecule has 0 aliphatic carbocycles. The van der Waals surface area contributed by atoms with Crippen LogP contribution in [-0.4, -0.2) is 63.5 Å². The number of nitrogen functional groups attached to an aromatic ring is 1. The van der Waals surface area contributed by atoms with Crippen LogP contribution >= 0.6 is 0 Å². The Bertz CT molecular complexity index is 1850. The molecule has 6 rings (SSSR count). The summed E-state index contributed by atoms with van der Waals surface area (Å²) in [6.07, 6.45) is 1.58. The highest BCUT2D eigenvalue weighted by molar-refractivity contribution is 7.92. The number of methoxy groups -OCH3 is 2. The molecule has 0 amide bonds. The number of fused-ring (bicyclic) bond motifs is 1. The van der Waals surface area contributed by atoms with E-state index in [1.807, 2.05) is 34.9 Å². The predicted molar refractivity (Wildman–Crippen MR) is 162 cm³/mol. The highest BCUT2D eigenvalue weighted by Crippen LogP contribution is 2.33. The second kappa shape index (κ2) is 11.2. The number of ether oxygens (including phenoxy) is 3. The van der Waals surface area contributed by atoms with Crippen molar-refractivity contribution in [2.75, 3.05) is 55.9 Å². The predicted octanol–water partition coefficient (Wildman–Crippen LogP) is 4.32. The van der Waals surface area contributed by atoms with Crippen molar-refractivity contribution in [3.63, 3.8) is 0 Å². The lowest BCUT2D eigenvalue weighted by Gasteiger charge is -2.29. The summed E-state index contributed by atoms with van der Waals surface area (Å²) in [5.41, 5.74) is 11.5. The zero-order valence-corrected chi connectivity index (χ0v) is 24.0. The normalized spacial score (nSPS) is 13.7. The van der Waals surface area contributed by atoms with Crippen molar-refractivity contribution in [2.24, 2.45) is 0 Å². The number of benzene rings is 3. The lowest BCUT2D eigenvalue weighted by atomic mass is 10.1. The lowest BCUT2D eigenvalue weighted by Crippen LogP contribution is -2.36. The maximum absolute atomic E-state index is 13.4. The molecule has 0 saturated carbocycles. The van der Waals surface area contributed by atoms with Gasteiger partial charge in [-0.3, -0.25) is 9.29 Å². The number of imidazole rings is 1. The van der Waals surface area contributed by atoms with Gasteiger partial charge in [0.2, 0.25) is 11.8 Å².